The fraction of sp³-hybridized carbons (Fsp3) is 0.300. The summed E-state index contributed by atoms with van der Waals surface area (Å²) in [5.41, 5.74) is 3.27. The predicted octanol–water partition coefficient (Wildman–Crippen LogP) is 2.74. The van der Waals surface area contributed by atoms with E-state index >= 15 is 0 Å². The first-order valence-electron chi connectivity index (χ1n) is 8.38. The zero-order chi connectivity index (χ0) is 17.8. The molecule has 0 spiro atoms. The average molecular weight is 338 g/mol. The van der Waals surface area contributed by atoms with Crippen molar-refractivity contribution in [3.05, 3.63) is 65.2 Å². The lowest BCUT2D eigenvalue weighted by molar-refractivity contribution is 0.0600. The summed E-state index contributed by atoms with van der Waals surface area (Å²) in [5.74, 6) is -0.283. The number of para-hydroxylation sites is 1. The zero-order valence-electron chi connectivity index (χ0n) is 14.6. The van der Waals surface area contributed by atoms with Gasteiger partial charge in [-0.3, -0.25) is 4.79 Å². The monoisotopic (exact) mass is 338 g/mol. The second kappa shape index (κ2) is 7.38. The number of piperazine rings is 1. The molecule has 0 radical (unpaired) electrons. The molecule has 1 heterocycles. The smallest absolute Gasteiger partial charge is 0.339 e. The molecule has 0 unspecified atom stereocenters. The van der Waals surface area contributed by atoms with Crippen molar-refractivity contribution in [3.63, 3.8) is 0 Å². The Morgan fingerprint density at radius 2 is 1.56 bits per heavy atom. The Balaban J connectivity index is 1.69. The van der Waals surface area contributed by atoms with Crippen molar-refractivity contribution in [1.82, 2.24) is 4.90 Å². The Bertz CT molecular complexity index is 763. The molecule has 130 valence electrons. The molecule has 1 amide bonds. The third-order valence-electron chi connectivity index (χ3n) is 4.52. The predicted molar refractivity (Wildman–Crippen MR) is 97.1 cm³/mol. The second-order valence-corrected chi connectivity index (χ2v) is 6.15. The van der Waals surface area contributed by atoms with Crippen LogP contribution >= 0.6 is 0 Å². The van der Waals surface area contributed by atoms with E-state index in [-0.39, 0.29) is 11.9 Å². The minimum atomic E-state index is -0.339. The Labute approximate surface area is 147 Å². The van der Waals surface area contributed by atoms with Crippen LogP contribution in [0, 0.1) is 6.92 Å². The molecule has 2 aromatic carbocycles. The van der Waals surface area contributed by atoms with Gasteiger partial charge < -0.3 is 14.5 Å². The number of hydrogen-bond donors (Lipinski definition) is 0. The fourth-order valence-electron chi connectivity index (χ4n) is 3.06. The first-order valence-corrected chi connectivity index (χ1v) is 8.38. The number of carbonyl (C=O) groups excluding carboxylic acids is 2. The molecule has 25 heavy (non-hydrogen) atoms. The third-order valence-corrected chi connectivity index (χ3v) is 4.52. The number of carbonyl (C=O) groups is 2. The van der Waals surface area contributed by atoms with Crippen molar-refractivity contribution < 1.29 is 14.3 Å². The van der Waals surface area contributed by atoms with E-state index in [2.05, 4.69) is 4.90 Å². The van der Waals surface area contributed by atoms with Crippen molar-refractivity contribution >= 4 is 17.6 Å². The molecule has 0 aliphatic carbocycles. The zero-order valence-corrected chi connectivity index (χ0v) is 14.6. The van der Waals surface area contributed by atoms with Gasteiger partial charge in [0.25, 0.3) is 5.91 Å². The highest BCUT2D eigenvalue weighted by Crippen LogP contribution is 2.23. The molecular formula is C20H22N2O3. The van der Waals surface area contributed by atoms with Crippen LogP contribution in [0.15, 0.2) is 48.5 Å². The molecule has 1 saturated heterocycles. The van der Waals surface area contributed by atoms with Gasteiger partial charge in [-0.25, -0.2) is 4.79 Å². The van der Waals surface area contributed by atoms with E-state index < -0.39 is 0 Å². The largest absolute Gasteiger partial charge is 0.465 e. The minimum Gasteiger partial charge on any atom is -0.465 e. The van der Waals surface area contributed by atoms with Gasteiger partial charge in [0.15, 0.2) is 0 Å². The SMILES string of the molecule is COC(=O)c1ccccc1N1CCN(C(=O)c2ccc(C)cc2)CC1. The number of nitrogens with zero attached hydrogens (tertiary/aromatic N) is 2. The lowest BCUT2D eigenvalue weighted by atomic mass is 10.1. The van der Waals surface area contributed by atoms with E-state index in [0.29, 0.717) is 37.3 Å². The highest BCUT2D eigenvalue weighted by atomic mass is 16.5. The van der Waals surface area contributed by atoms with Crippen molar-refractivity contribution in [2.75, 3.05) is 38.2 Å². The Morgan fingerprint density at radius 1 is 0.920 bits per heavy atom. The van der Waals surface area contributed by atoms with Gasteiger partial charge in [0.1, 0.15) is 0 Å². The van der Waals surface area contributed by atoms with E-state index in [1.54, 1.807) is 6.07 Å². The maximum Gasteiger partial charge on any atom is 0.339 e. The Kier molecular flexibility index (Phi) is 5.03. The molecule has 3 rings (SSSR count). The van der Waals surface area contributed by atoms with Gasteiger partial charge in [-0.05, 0) is 31.2 Å². The van der Waals surface area contributed by atoms with E-state index in [4.69, 9.17) is 4.74 Å². The minimum absolute atomic E-state index is 0.0564. The van der Waals surface area contributed by atoms with E-state index in [1.807, 2.05) is 54.3 Å². The van der Waals surface area contributed by atoms with Crippen LogP contribution in [-0.4, -0.2) is 50.1 Å². The summed E-state index contributed by atoms with van der Waals surface area (Å²) in [6.45, 7) is 4.63. The molecule has 1 aliphatic rings. The van der Waals surface area contributed by atoms with Gasteiger partial charge in [0.2, 0.25) is 0 Å². The summed E-state index contributed by atoms with van der Waals surface area (Å²) in [5, 5.41) is 0. The van der Waals surface area contributed by atoms with Crippen LogP contribution in [-0.2, 0) is 4.74 Å². The van der Waals surface area contributed by atoms with Gasteiger partial charge >= 0.3 is 5.97 Å². The number of ether oxygens (including phenoxy) is 1. The maximum atomic E-state index is 12.6. The molecule has 5 heteroatoms. The highest BCUT2D eigenvalue weighted by Gasteiger charge is 2.24. The molecule has 0 aromatic heterocycles. The molecular weight excluding hydrogens is 316 g/mol. The van der Waals surface area contributed by atoms with Crippen LogP contribution in [0.25, 0.3) is 0 Å². The van der Waals surface area contributed by atoms with Crippen LogP contribution in [0.3, 0.4) is 0 Å². The third kappa shape index (κ3) is 3.65. The van der Waals surface area contributed by atoms with Crippen molar-refractivity contribution in [1.29, 1.82) is 0 Å². The first kappa shape index (κ1) is 17.0. The van der Waals surface area contributed by atoms with E-state index in [1.165, 1.54) is 7.11 Å². The van der Waals surface area contributed by atoms with Gasteiger partial charge in [0.05, 0.1) is 18.4 Å². The Morgan fingerprint density at radius 3 is 2.20 bits per heavy atom. The second-order valence-electron chi connectivity index (χ2n) is 6.15. The van der Waals surface area contributed by atoms with E-state index in [9.17, 15) is 9.59 Å². The molecule has 0 saturated carbocycles. The van der Waals surface area contributed by atoms with Crippen LogP contribution < -0.4 is 4.90 Å². The molecule has 5 nitrogen and oxygen atoms in total. The maximum absolute atomic E-state index is 12.6. The Hall–Kier alpha value is -2.82. The number of anilines is 1. The summed E-state index contributed by atoms with van der Waals surface area (Å²) < 4.78 is 4.86. The molecule has 1 fully saturated rings. The van der Waals surface area contributed by atoms with Crippen LogP contribution in [0.4, 0.5) is 5.69 Å². The lowest BCUT2D eigenvalue weighted by Gasteiger charge is -2.36. The summed E-state index contributed by atoms with van der Waals surface area (Å²) in [7, 11) is 1.39. The number of benzene rings is 2. The molecule has 2 aromatic rings. The number of esters is 1. The summed E-state index contributed by atoms with van der Waals surface area (Å²) >= 11 is 0. The van der Waals surface area contributed by atoms with E-state index in [0.717, 1.165) is 11.3 Å². The number of methoxy groups -OCH3 is 1. The standard InChI is InChI=1S/C20H22N2O3/c1-15-7-9-16(10-8-15)19(23)22-13-11-21(12-14-22)18-6-4-3-5-17(18)20(24)25-2/h3-10H,11-14H2,1-2H3. The van der Waals surface area contributed by atoms with Gasteiger partial charge in [0, 0.05) is 31.7 Å². The quantitative estimate of drug-likeness (QED) is 0.808. The van der Waals surface area contributed by atoms with Crippen LogP contribution in [0.2, 0.25) is 0 Å². The normalized spacial score (nSPS) is 14.3. The lowest BCUT2D eigenvalue weighted by Crippen LogP contribution is -2.49. The topological polar surface area (TPSA) is 49.9 Å². The summed E-state index contributed by atoms with van der Waals surface area (Å²) in [6, 6.07) is 15.1. The summed E-state index contributed by atoms with van der Waals surface area (Å²) in [6.07, 6.45) is 0. The fourth-order valence-corrected chi connectivity index (χ4v) is 3.06. The van der Waals surface area contributed by atoms with Crippen LogP contribution in [0.1, 0.15) is 26.3 Å². The molecule has 0 atom stereocenters. The molecule has 0 N–H and O–H groups in total. The van der Waals surface area contributed by atoms with Crippen molar-refractivity contribution in [3.8, 4) is 0 Å². The van der Waals surface area contributed by atoms with Gasteiger partial charge in [-0.2, -0.15) is 0 Å². The molecule has 1 aliphatic heterocycles. The van der Waals surface area contributed by atoms with Crippen molar-refractivity contribution in [2.24, 2.45) is 0 Å². The first-order chi connectivity index (χ1) is 12.1. The average Bonchev–Trinajstić information content (AvgIpc) is 2.67. The van der Waals surface area contributed by atoms with Gasteiger partial charge in [-0.15, -0.1) is 0 Å². The summed E-state index contributed by atoms with van der Waals surface area (Å²) in [4.78, 5) is 28.6. The van der Waals surface area contributed by atoms with Crippen LogP contribution in [0.5, 0.6) is 0 Å². The number of aryl methyl sites for hydroxylation is 1. The molecule has 0 bridgehead atoms. The number of rotatable bonds is 3. The van der Waals surface area contributed by atoms with Crippen molar-refractivity contribution in [2.45, 2.75) is 6.92 Å². The van der Waals surface area contributed by atoms with Gasteiger partial charge in [-0.1, -0.05) is 29.8 Å². The highest BCUT2D eigenvalue weighted by molar-refractivity contribution is 5.96. The number of amides is 1. The number of hydrogen-bond acceptors (Lipinski definition) is 4.